The first-order chi connectivity index (χ1) is 14.1. The van der Waals surface area contributed by atoms with Crippen molar-refractivity contribution in [1.82, 2.24) is 24.0 Å². The summed E-state index contributed by atoms with van der Waals surface area (Å²) in [5.74, 6) is -1.76. The second-order valence-electron chi connectivity index (χ2n) is 6.13. The number of benzene rings is 1. The van der Waals surface area contributed by atoms with Gasteiger partial charge in [0, 0.05) is 19.7 Å². The van der Waals surface area contributed by atoms with Gasteiger partial charge in [-0.15, -0.1) is 0 Å². The van der Waals surface area contributed by atoms with E-state index in [9.17, 15) is 28.0 Å². The van der Waals surface area contributed by atoms with Crippen LogP contribution in [0.25, 0.3) is 11.2 Å². The molecule has 0 aliphatic carbocycles. The van der Waals surface area contributed by atoms with E-state index >= 15 is 0 Å². The van der Waals surface area contributed by atoms with Gasteiger partial charge in [-0.05, 0) is 35.9 Å². The summed E-state index contributed by atoms with van der Waals surface area (Å²) >= 11 is 6.02. The fourth-order valence-electron chi connectivity index (χ4n) is 2.73. The van der Waals surface area contributed by atoms with Crippen LogP contribution in [0.1, 0.15) is 10.4 Å². The SMILES string of the molecule is Cn1c(=O)c2c(nc(Cl)n2CC(=O)NC(=O)c2ccc(OC(F)F)cc2)n(C)c1=O. The minimum Gasteiger partial charge on any atom is -0.435 e. The Kier molecular flexibility index (Phi) is 5.69. The fraction of sp³-hybridized carbons (Fsp3) is 0.235. The van der Waals surface area contributed by atoms with E-state index in [0.717, 1.165) is 25.8 Å². The van der Waals surface area contributed by atoms with Crippen LogP contribution in [0.4, 0.5) is 8.78 Å². The number of nitrogens with zero attached hydrogens (tertiary/aromatic N) is 4. The number of aryl methyl sites for hydroxylation is 1. The van der Waals surface area contributed by atoms with Gasteiger partial charge >= 0.3 is 12.3 Å². The van der Waals surface area contributed by atoms with Crippen molar-refractivity contribution in [1.29, 1.82) is 0 Å². The summed E-state index contributed by atoms with van der Waals surface area (Å²) in [7, 11) is 2.66. The number of hydrogen-bond acceptors (Lipinski definition) is 6. The van der Waals surface area contributed by atoms with Crippen LogP contribution in [-0.4, -0.2) is 37.1 Å². The summed E-state index contributed by atoms with van der Waals surface area (Å²) in [6.45, 7) is -3.53. The standard InChI is InChI=1S/C17H14ClF2N5O5/c1-23-12-11(14(28)24(2)17(23)29)25(15(18)22-12)7-10(26)21-13(27)8-3-5-9(6-4-8)30-16(19)20/h3-6,16H,7H2,1-2H3,(H,21,26,27). The molecule has 2 amide bonds. The largest absolute Gasteiger partial charge is 0.435 e. The molecule has 0 aliphatic rings. The summed E-state index contributed by atoms with van der Waals surface area (Å²) in [6, 6.07) is 4.70. The Balaban J connectivity index is 1.82. The number of carbonyl (C=O) groups is 2. The number of hydrogen-bond donors (Lipinski definition) is 1. The molecule has 30 heavy (non-hydrogen) atoms. The third-order valence-electron chi connectivity index (χ3n) is 4.20. The molecule has 0 saturated heterocycles. The maximum absolute atomic E-state index is 12.4. The van der Waals surface area contributed by atoms with Crippen molar-refractivity contribution in [3.8, 4) is 5.75 Å². The molecular formula is C17H14ClF2N5O5. The summed E-state index contributed by atoms with van der Waals surface area (Å²) in [5.41, 5.74) is -1.40. The smallest absolute Gasteiger partial charge is 0.387 e. The van der Waals surface area contributed by atoms with E-state index in [1.807, 2.05) is 0 Å². The maximum Gasteiger partial charge on any atom is 0.387 e. The molecule has 3 rings (SSSR count). The quantitative estimate of drug-likeness (QED) is 0.581. The first-order valence-corrected chi connectivity index (χ1v) is 8.68. The fourth-order valence-corrected chi connectivity index (χ4v) is 2.96. The summed E-state index contributed by atoms with van der Waals surface area (Å²) in [4.78, 5) is 52.9. The zero-order valence-electron chi connectivity index (χ0n) is 15.6. The number of imide groups is 1. The zero-order chi connectivity index (χ0) is 22.2. The van der Waals surface area contributed by atoms with E-state index < -0.39 is 36.2 Å². The maximum atomic E-state index is 12.4. The lowest BCUT2D eigenvalue weighted by atomic mass is 10.2. The highest BCUT2D eigenvalue weighted by atomic mass is 35.5. The van der Waals surface area contributed by atoms with Crippen LogP contribution in [0.3, 0.4) is 0 Å². The molecule has 2 heterocycles. The molecule has 2 aromatic heterocycles. The van der Waals surface area contributed by atoms with Crippen molar-refractivity contribution >= 4 is 34.6 Å². The van der Waals surface area contributed by atoms with Crippen molar-refractivity contribution in [2.75, 3.05) is 0 Å². The number of rotatable bonds is 5. The minimum atomic E-state index is -3.01. The molecule has 1 aromatic carbocycles. The molecule has 1 N–H and O–H groups in total. The van der Waals surface area contributed by atoms with Crippen molar-refractivity contribution in [3.05, 3.63) is 56.0 Å². The van der Waals surface area contributed by atoms with Gasteiger partial charge in [-0.1, -0.05) is 0 Å². The molecule has 0 fully saturated rings. The summed E-state index contributed by atoms with van der Waals surface area (Å²) in [5, 5.41) is 1.87. The predicted molar refractivity (Wildman–Crippen MR) is 101 cm³/mol. The van der Waals surface area contributed by atoms with Crippen LogP contribution in [-0.2, 0) is 25.4 Å². The van der Waals surface area contributed by atoms with Gasteiger partial charge in [-0.2, -0.15) is 13.8 Å². The molecule has 0 atom stereocenters. The van der Waals surface area contributed by atoms with Crippen LogP contribution in [0.5, 0.6) is 5.75 Å². The molecular weight excluding hydrogens is 428 g/mol. The van der Waals surface area contributed by atoms with E-state index in [4.69, 9.17) is 11.6 Å². The summed E-state index contributed by atoms with van der Waals surface area (Å²) < 4.78 is 31.5. The van der Waals surface area contributed by atoms with E-state index in [2.05, 4.69) is 15.0 Å². The molecule has 158 valence electrons. The van der Waals surface area contributed by atoms with E-state index in [0.29, 0.717) is 0 Å². The third kappa shape index (κ3) is 3.94. The van der Waals surface area contributed by atoms with Gasteiger partial charge < -0.3 is 4.74 Å². The van der Waals surface area contributed by atoms with Crippen molar-refractivity contribution in [2.45, 2.75) is 13.2 Å². The Hall–Kier alpha value is -3.54. The van der Waals surface area contributed by atoms with Crippen molar-refractivity contribution in [3.63, 3.8) is 0 Å². The Morgan fingerprint density at radius 3 is 2.40 bits per heavy atom. The van der Waals surface area contributed by atoms with Crippen LogP contribution in [0.2, 0.25) is 5.28 Å². The number of halogens is 3. The number of nitrogens with one attached hydrogen (secondary N) is 1. The zero-order valence-corrected chi connectivity index (χ0v) is 16.3. The topological polar surface area (TPSA) is 117 Å². The molecule has 0 bridgehead atoms. The average molecular weight is 442 g/mol. The Labute approximate surface area is 171 Å². The number of amides is 2. The molecule has 3 aromatic rings. The van der Waals surface area contributed by atoms with Gasteiger partial charge in [0.15, 0.2) is 11.2 Å². The highest BCUT2D eigenvalue weighted by Gasteiger charge is 2.21. The first kappa shape index (κ1) is 21.2. The highest BCUT2D eigenvalue weighted by molar-refractivity contribution is 6.29. The third-order valence-corrected chi connectivity index (χ3v) is 4.49. The van der Waals surface area contributed by atoms with Gasteiger partial charge in [0.2, 0.25) is 11.2 Å². The van der Waals surface area contributed by atoms with Crippen molar-refractivity contribution in [2.24, 2.45) is 14.1 Å². The van der Waals surface area contributed by atoms with Gasteiger partial charge in [0.1, 0.15) is 12.3 Å². The normalized spacial score (nSPS) is 11.1. The van der Waals surface area contributed by atoms with E-state index in [-0.39, 0.29) is 27.8 Å². The van der Waals surface area contributed by atoms with Crippen LogP contribution in [0, 0.1) is 0 Å². The van der Waals surface area contributed by atoms with Crippen LogP contribution in [0.15, 0.2) is 33.9 Å². The Morgan fingerprint density at radius 1 is 1.17 bits per heavy atom. The lowest BCUT2D eigenvalue weighted by Gasteiger charge is -2.08. The Bertz CT molecular complexity index is 1260. The predicted octanol–water partition coefficient (Wildman–Crippen LogP) is 0.645. The van der Waals surface area contributed by atoms with Crippen LogP contribution < -0.4 is 21.3 Å². The van der Waals surface area contributed by atoms with Gasteiger partial charge in [-0.3, -0.25) is 33.4 Å². The number of carbonyl (C=O) groups excluding carboxylic acids is 2. The number of imidazole rings is 1. The molecule has 10 nitrogen and oxygen atoms in total. The molecule has 0 unspecified atom stereocenters. The molecule has 0 saturated carbocycles. The van der Waals surface area contributed by atoms with E-state index in [1.54, 1.807) is 0 Å². The van der Waals surface area contributed by atoms with Crippen molar-refractivity contribution < 1.29 is 23.1 Å². The number of fused-ring (bicyclic) bond motifs is 1. The van der Waals surface area contributed by atoms with Gasteiger partial charge in [0.05, 0.1) is 0 Å². The lowest BCUT2D eigenvalue weighted by Crippen LogP contribution is -2.38. The minimum absolute atomic E-state index is 0.0122. The van der Waals surface area contributed by atoms with Crippen LogP contribution >= 0.6 is 11.6 Å². The number of alkyl halides is 2. The lowest BCUT2D eigenvalue weighted by molar-refractivity contribution is -0.120. The van der Waals surface area contributed by atoms with Gasteiger partial charge in [-0.25, -0.2) is 4.79 Å². The highest BCUT2D eigenvalue weighted by Crippen LogP contribution is 2.16. The molecule has 0 spiro atoms. The second kappa shape index (κ2) is 8.06. The van der Waals surface area contributed by atoms with Gasteiger partial charge in [0.25, 0.3) is 11.5 Å². The monoisotopic (exact) mass is 441 g/mol. The first-order valence-electron chi connectivity index (χ1n) is 8.31. The second-order valence-corrected chi connectivity index (χ2v) is 6.46. The average Bonchev–Trinajstić information content (AvgIpc) is 3.01. The van der Waals surface area contributed by atoms with E-state index in [1.165, 1.54) is 26.2 Å². The molecule has 13 heteroatoms. The molecule has 0 aliphatic heterocycles. The Morgan fingerprint density at radius 2 is 1.80 bits per heavy atom. The number of ether oxygens (including phenoxy) is 1. The molecule has 0 radical (unpaired) electrons. The number of aromatic nitrogens is 4. The summed E-state index contributed by atoms with van der Waals surface area (Å²) in [6.07, 6.45) is 0.